The molecule has 0 aliphatic rings. The molecule has 1 heterocycles. The minimum atomic E-state index is 0.651. The summed E-state index contributed by atoms with van der Waals surface area (Å²) in [6, 6.07) is 9.79. The summed E-state index contributed by atoms with van der Waals surface area (Å²) in [5, 5.41) is 14.8. The van der Waals surface area contributed by atoms with Crippen LogP contribution in [-0.2, 0) is 4.74 Å². The van der Waals surface area contributed by atoms with Gasteiger partial charge in [-0.25, -0.2) is 0 Å². The number of anilines is 1. The van der Waals surface area contributed by atoms with Gasteiger partial charge in [-0.3, -0.25) is 0 Å². The summed E-state index contributed by atoms with van der Waals surface area (Å²) in [5.74, 6) is 0.651. The Morgan fingerprint density at radius 1 is 1.28 bits per heavy atom. The third-order valence-corrected chi connectivity index (χ3v) is 2.42. The first-order valence-electron chi connectivity index (χ1n) is 6.07. The monoisotopic (exact) mass is 247 g/mol. The molecule has 0 atom stereocenters. The maximum atomic E-state index is 5.27. The fourth-order valence-corrected chi connectivity index (χ4v) is 1.56. The average Bonchev–Trinajstić information content (AvgIpc) is 2.88. The fourth-order valence-electron chi connectivity index (χ4n) is 1.56. The first-order chi connectivity index (χ1) is 8.92. The van der Waals surface area contributed by atoms with E-state index in [1.165, 1.54) is 0 Å². The van der Waals surface area contributed by atoms with Gasteiger partial charge >= 0.3 is 0 Å². The van der Waals surface area contributed by atoms with Crippen LogP contribution in [0.2, 0.25) is 0 Å². The maximum Gasteiger partial charge on any atom is 0.247 e. The largest absolute Gasteiger partial charge is 0.382 e. The fraction of sp³-hybridized carbons (Fsp3) is 0.417. The minimum Gasteiger partial charge on any atom is -0.382 e. The van der Waals surface area contributed by atoms with E-state index in [9.17, 15) is 0 Å². The summed E-state index contributed by atoms with van der Waals surface area (Å²) in [7, 11) is 0. The molecular formula is C12H17N5O. The number of rotatable bonds is 7. The molecule has 2 aromatic rings. The van der Waals surface area contributed by atoms with Crippen molar-refractivity contribution in [2.45, 2.75) is 13.3 Å². The molecule has 0 aliphatic heterocycles. The van der Waals surface area contributed by atoms with Crippen molar-refractivity contribution in [3.05, 3.63) is 30.3 Å². The van der Waals surface area contributed by atoms with Crippen molar-refractivity contribution in [3.8, 4) is 5.69 Å². The molecular weight excluding hydrogens is 230 g/mol. The molecule has 0 aliphatic carbocycles. The molecule has 2 rings (SSSR count). The summed E-state index contributed by atoms with van der Waals surface area (Å²) < 4.78 is 6.95. The van der Waals surface area contributed by atoms with Crippen molar-refractivity contribution in [2.24, 2.45) is 0 Å². The van der Waals surface area contributed by atoms with Crippen molar-refractivity contribution in [1.29, 1.82) is 0 Å². The molecule has 0 fully saturated rings. The maximum absolute atomic E-state index is 5.27. The second kappa shape index (κ2) is 6.70. The highest BCUT2D eigenvalue weighted by Gasteiger charge is 2.06. The Bertz CT molecular complexity index is 457. The van der Waals surface area contributed by atoms with E-state index in [2.05, 4.69) is 20.8 Å². The molecule has 0 saturated carbocycles. The van der Waals surface area contributed by atoms with Crippen LogP contribution < -0.4 is 5.32 Å². The van der Waals surface area contributed by atoms with E-state index in [-0.39, 0.29) is 0 Å². The van der Waals surface area contributed by atoms with Gasteiger partial charge in [0.1, 0.15) is 0 Å². The second-order valence-electron chi connectivity index (χ2n) is 3.73. The normalized spacial score (nSPS) is 10.5. The Morgan fingerprint density at radius 3 is 2.89 bits per heavy atom. The highest BCUT2D eigenvalue weighted by atomic mass is 16.5. The van der Waals surface area contributed by atoms with Gasteiger partial charge in [-0.05, 0) is 35.9 Å². The number of para-hydroxylation sites is 1. The SMILES string of the molecule is CCOCCCNc1nnnn1-c1ccccc1. The highest BCUT2D eigenvalue weighted by molar-refractivity contribution is 5.38. The van der Waals surface area contributed by atoms with Crippen LogP contribution in [0, 0.1) is 0 Å². The first kappa shape index (κ1) is 12.5. The van der Waals surface area contributed by atoms with E-state index < -0.39 is 0 Å². The van der Waals surface area contributed by atoms with Gasteiger partial charge in [0.25, 0.3) is 0 Å². The van der Waals surface area contributed by atoms with Crippen LogP contribution in [0.5, 0.6) is 0 Å². The van der Waals surface area contributed by atoms with Crippen molar-refractivity contribution < 1.29 is 4.74 Å². The van der Waals surface area contributed by atoms with Crippen molar-refractivity contribution in [2.75, 3.05) is 25.1 Å². The third-order valence-electron chi connectivity index (χ3n) is 2.42. The van der Waals surface area contributed by atoms with Gasteiger partial charge in [-0.2, -0.15) is 4.68 Å². The van der Waals surface area contributed by atoms with E-state index in [4.69, 9.17) is 4.74 Å². The number of ether oxygens (including phenoxy) is 1. The molecule has 96 valence electrons. The van der Waals surface area contributed by atoms with Crippen molar-refractivity contribution >= 4 is 5.95 Å². The third kappa shape index (κ3) is 3.27. The van der Waals surface area contributed by atoms with E-state index >= 15 is 0 Å². The highest BCUT2D eigenvalue weighted by Crippen LogP contribution is 2.10. The Labute approximate surface area is 106 Å². The van der Waals surface area contributed by atoms with E-state index in [0.29, 0.717) is 5.95 Å². The van der Waals surface area contributed by atoms with Gasteiger partial charge in [-0.15, -0.1) is 0 Å². The van der Waals surface area contributed by atoms with Crippen LogP contribution in [0.25, 0.3) is 5.69 Å². The average molecular weight is 247 g/mol. The van der Waals surface area contributed by atoms with Crippen molar-refractivity contribution in [3.63, 3.8) is 0 Å². The topological polar surface area (TPSA) is 64.9 Å². The predicted octanol–water partition coefficient (Wildman–Crippen LogP) is 1.50. The number of tetrazole rings is 1. The molecule has 0 radical (unpaired) electrons. The van der Waals surface area contributed by atoms with Crippen molar-refractivity contribution in [1.82, 2.24) is 20.2 Å². The van der Waals surface area contributed by atoms with Gasteiger partial charge in [0, 0.05) is 19.8 Å². The van der Waals surface area contributed by atoms with Gasteiger partial charge in [0.2, 0.25) is 5.95 Å². The molecule has 1 aromatic heterocycles. The lowest BCUT2D eigenvalue weighted by atomic mass is 10.3. The molecule has 1 aromatic carbocycles. The molecule has 0 amide bonds. The number of benzene rings is 1. The van der Waals surface area contributed by atoms with Crippen LogP contribution >= 0.6 is 0 Å². The Hall–Kier alpha value is -1.95. The minimum absolute atomic E-state index is 0.651. The lowest BCUT2D eigenvalue weighted by Crippen LogP contribution is -2.10. The summed E-state index contributed by atoms with van der Waals surface area (Å²) in [5.41, 5.74) is 0.940. The zero-order chi connectivity index (χ0) is 12.6. The predicted molar refractivity (Wildman–Crippen MR) is 68.8 cm³/mol. The molecule has 18 heavy (non-hydrogen) atoms. The molecule has 0 unspecified atom stereocenters. The summed E-state index contributed by atoms with van der Waals surface area (Å²) in [4.78, 5) is 0. The first-order valence-corrected chi connectivity index (χ1v) is 6.07. The lowest BCUT2D eigenvalue weighted by Gasteiger charge is -2.06. The van der Waals surface area contributed by atoms with E-state index in [1.54, 1.807) is 4.68 Å². The lowest BCUT2D eigenvalue weighted by molar-refractivity contribution is 0.147. The standard InChI is InChI=1S/C12H17N5O/c1-2-18-10-6-9-13-12-14-15-16-17(12)11-7-4-3-5-8-11/h3-5,7-8H,2,6,9-10H2,1H3,(H,13,14,16). The van der Waals surface area contributed by atoms with Crippen LogP contribution in [0.1, 0.15) is 13.3 Å². The molecule has 0 saturated heterocycles. The molecule has 1 N–H and O–H groups in total. The zero-order valence-electron chi connectivity index (χ0n) is 10.4. The number of aromatic nitrogens is 4. The molecule has 6 heteroatoms. The molecule has 6 nitrogen and oxygen atoms in total. The van der Waals surface area contributed by atoms with Crippen LogP contribution in [0.3, 0.4) is 0 Å². The molecule has 0 spiro atoms. The molecule has 0 bridgehead atoms. The smallest absolute Gasteiger partial charge is 0.247 e. The Morgan fingerprint density at radius 2 is 2.11 bits per heavy atom. The van der Waals surface area contributed by atoms with E-state index in [0.717, 1.165) is 31.9 Å². The number of hydrogen-bond acceptors (Lipinski definition) is 5. The van der Waals surface area contributed by atoms with Gasteiger partial charge in [0.15, 0.2) is 0 Å². The van der Waals surface area contributed by atoms with Crippen LogP contribution in [0.15, 0.2) is 30.3 Å². The Balaban J connectivity index is 1.92. The number of nitrogens with one attached hydrogen (secondary N) is 1. The summed E-state index contributed by atoms with van der Waals surface area (Å²) in [6.07, 6.45) is 0.926. The summed E-state index contributed by atoms with van der Waals surface area (Å²) >= 11 is 0. The number of hydrogen-bond donors (Lipinski definition) is 1. The second-order valence-corrected chi connectivity index (χ2v) is 3.73. The van der Waals surface area contributed by atoms with Gasteiger partial charge in [0.05, 0.1) is 5.69 Å². The van der Waals surface area contributed by atoms with E-state index in [1.807, 2.05) is 37.3 Å². The van der Waals surface area contributed by atoms with Gasteiger partial charge < -0.3 is 10.1 Å². The zero-order valence-corrected chi connectivity index (χ0v) is 10.4. The van der Waals surface area contributed by atoms with Gasteiger partial charge in [-0.1, -0.05) is 23.3 Å². The van der Waals surface area contributed by atoms with Crippen LogP contribution in [0.4, 0.5) is 5.95 Å². The quantitative estimate of drug-likeness (QED) is 0.751. The Kier molecular flexibility index (Phi) is 4.66. The van der Waals surface area contributed by atoms with Crippen LogP contribution in [-0.4, -0.2) is 40.0 Å². The number of nitrogens with zero attached hydrogens (tertiary/aromatic N) is 4. The summed E-state index contributed by atoms with van der Waals surface area (Å²) in [6.45, 7) is 4.27.